The summed E-state index contributed by atoms with van der Waals surface area (Å²) in [5.41, 5.74) is 0. The number of hydrogen-bond donors (Lipinski definition) is 1. The highest BCUT2D eigenvalue weighted by molar-refractivity contribution is 4.00. The molecule has 0 fully saturated rings. The molecule has 0 saturated heterocycles. The van der Waals surface area contributed by atoms with Crippen molar-refractivity contribution in [3.63, 3.8) is 0 Å². The second-order valence-corrected chi connectivity index (χ2v) is 2.18. The summed E-state index contributed by atoms with van der Waals surface area (Å²) in [7, 11) is 6.97. The molecule has 0 rings (SSSR count). The van der Waals surface area contributed by atoms with E-state index in [1.54, 1.807) is 33.2 Å². The van der Waals surface area contributed by atoms with Gasteiger partial charge in [0.05, 0.1) is 0 Å². The van der Waals surface area contributed by atoms with Crippen LogP contribution >= 0.6 is 0 Å². The Bertz CT molecular complexity index is 55.2. The molecule has 3 heteroatoms. The summed E-state index contributed by atoms with van der Waals surface area (Å²) in [5, 5.41) is 10.6. The molecule has 0 aliphatic rings. The minimum atomic E-state index is -0.111. The number of quaternary nitrogens is 1. The molecule has 0 bridgehead atoms. The zero-order valence-corrected chi connectivity index (χ0v) is 5.34. The second-order valence-electron chi connectivity index (χ2n) is 2.18. The van der Waals surface area contributed by atoms with Crippen molar-refractivity contribution in [2.24, 2.45) is 0 Å². The van der Waals surface area contributed by atoms with Crippen LogP contribution in [0.3, 0.4) is 0 Å². The fourth-order valence-corrected chi connectivity index (χ4v) is 0. The van der Waals surface area contributed by atoms with E-state index in [0.717, 1.165) is 0 Å². The number of rotatable bonds is 1. The Hall–Kier alpha value is -0.120. The van der Waals surface area contributed by atoms with Gasteiger partial charge in [-0.1, -0.05) is 0 Å². The normalized spacial score (nSPS) is 12.9. The quantitative estimate of drug-likeness (QED) is 0.372. The van der Waals surface area contributed by atoms with Crippen molar-refractivity contribution in [1.82, 2.24) is 5.01 Å². The maximum Gasteiger partial charge on any atom is 0.118 e. The Morgan fingerprint density at radius 1 is 1.29 bits per heavy atom. The van der Waals surface area contributed by atoms with Gasteiger partial charge in [-0.05, 0) is 0 Å². The summed E-state index contributed by atoms with van der Waals surface area (Å²) in [4.78, 5) is 0. The first-order valence-electron chi connectivity index (χ1n) is 2.19. The minimum Gasteiger partial charge on any atom is -0.196 e. The summed E-state index contributed by atoms with van der Waals surface area (Å²) in [5.74, 6) is 0. The lowest BCUT2D eigenvalue weighted by molar-refractivity contribution is -1.16. The topological polar surface area (TPSA) is 23.5 Å². The first-order valence-corrected chi connectivity index (χ1v) is 2.19. The molecule has 0 aliphatic carbocycles. The maximum atomic E-state index is 8.96. The first-order chi connectivity index (χ1) is 2.94. The van der Waals surface area contributed by atoms with Gasteiger partial charge in [0.25, 0.3) is 0 Å². The summed E-state index contributed by atoms with van der Waals surface area (Å²) in [6.45, 7) is 0. The molecule has 0 aromatic heterocycles. The van der Waals surface area contributed by atoms with Crippen LogP contribution in [-0.2, 0) is 0 Å². The Morgan fingerprint density at radius 3 is 1.43 bits per heavy atom. The fraction of sp³-hybridized carbons (Fsp3) is 1.00. The molecule has 0 aromatic rings. The van der Waals surface area contributed by atoms with Crippen molar-refractivity contribution in [1.29, 1.82) is 0 Å². The van der Waals surface area contributed by atoms with Gasteiger partial charge >= 0.3 is 0 Å². The molecule has 0 spiro atoms. The van der Waals surface area contributed by atoms with Gasteiger partial charge in [-0.15, -0.1) is 9.76 Å². The van der Waals surface area contributed by atoms with E-state index in [9.17, 15) is 0 Å². The van der Waals surface area contributed by atoms with Crippen LogP contribution in [-0.4, -0.2) is 43.2 Å². The monoisotopic (exact) mass is 105 g/mol. The molecular weight excluding hydrogens is 92.1 g/mol. The van der Waals surface area contributed by atoms with Crippen LogP contribution < -0.4 is 0 Å². The first kappa shape index (κ1) is 6.88. The van der Waals surface area contributed by atoms with Gasteiger partial charge in [0.1, 0.15) is 14.1 Å². The SMILES string of the molecule is CN(C)[N+](C)(C)O. The van der Waals surface area contributed by atoms with Crippen LogP contribution in [0, 0.1) is 0 Å². The molecule has 0 saturated carbocycles. The van der Waals surface area contributed by atoms with E-state index in [4.69, 9.17) is 5.21 Å². The molecule has 0 aromatic carbocycles. The third kappa shape index (κ3) is 2.56. The van der Waals surface area contributed by atoms with Gasteiger partial charge in [-0.3, -0.25) is 0 Å². The predicted octanol–water partition coefficient (Wildman–Crippen LogP) is -0.0714. The van der Waals surface area contributed by atoms with Crippen LogP contribution in [0.1, 0.15) is 0 Å². The van der Waals surface area contributed by atoms with E-state index < -0.39 is 0 Å². The summed E-state index contributed by atoms with van der Waals surface area (Å²) < 4.78 is -0.111. The van der Waals surface area contributed by atoms with E-state index in [-0.39, 0.29) is 4.76 Å². The van der Waals surface area contributed by atoms with Crippen molar-refractivity contribution in [2.75, 3.05) is 28.2 Å². The van der Waals surface area contributed by atoms with Crippen LogP contribution in [0.5, 0.6) is 0 Å². The molecule has 3 nitrogen and oxygen atoms in total. The zero-order chi connectivity index (χ0) is 6.08. The largest absolute Gasteiger partial charge is 0.196 e. The third-order valence-corrected chi connectivity index (χ3v) is 0.979. The molecule has 0 heterocycles. The Balaban J connectivity index is 3.54. The minimum absolute atomic E-state index is 0.111. The van der Waals surface area contributed by atoms with Crippen molar-refractivity contribution in [2.45, 2.75) is 0 Å². The highest BCUT2D eigenvalue weighted by atomic mass is 16.6. The van der Waals surface area contributed by atoms with Crippen molar-refractivity contribution >= 4 is 0 Å². The lowest BCUT2D eigenvalue weighted by atomic mass is 11.0. The number of hydrogen-bond acceptors (Lipinski definition) is 2. The second kappa shape index (κ2) is 1.78. The highest BCUT2D eigenvalue weighted by Crippen LogP contribution is 1.89. The van der Waals surface area contributed by atoms with E-state index in [0.29, 0.717) is 0 Å². The van der Waals surface area contributed by atoms with Gasteiger partial charge in [0.15, 0.2) is 0 Å². The van der Waals surface area contributed by atoms with E-state index >= 15 is 0 Å². The highest BCUT2D eigenvalue weighted by Gasteiger charge is 2.11. The Kier molecular flexibility index (Phi) is 1.75. The molecule has 0 unspecified atom stereocenters. The smallest absolute Gasteiger partial charge is 0.118 e. The summed E-state index contributed by atoms with van der Waals surface area (Å²) in [6, 6.07) is 0. The molecule has 44 valence electrons. The van der Waals surface area contributed by atoms with Gasteiger partial charge < -0.3 is 0 Å². The van der Waals surface area contributed by atoms with Crippen LogP contribution in [0.15, 0.2) is 0 Å². The van der Waals surface area contributed by atoms with E-state index in [1.165, 1.54) is 0 Å². The standard InChI is InChI=1S/C4H13N2O/c1-5(2)6(3,4)7/h7H,1-4H3/q+1. The molecule has 1 N–H and O–H groups in total. The average Bonchev–Trinajstić information content (AvgIpc) is 1.31. The average molecular weight is 105 g/mol. The zero-order valence-electron chi connectivity index (χ0n) is 5.34. The molecule has 0 amide bonds. The molecule has 7 heavy (non-hydrogen) atoms. The maximum absolute atomic E-state index is 8.96. The van der Waals surface area contributed by atoms with Gasteiger partial charge in [-0.25, -0.2) is 0 Å². The van der Waals surface area contributed by atoms with Crippen LogP contribution in [0.25, 0.3) is 0 Å². The van der Waals surface area contributed by atoms with Crippen LogP contribution in [0.4, 0.5) is 0 Å². The molecule has 0 atom stereocenters. The Labute approximate surface area is 44.3 Å². The predicted molar refractivity (Wildman–Crippen MR) is 27.6 cm³/mol. The summed E-state index contributed by atoms with van der Waals surface area (Å²) in [6.07, 6.45) is 0. The van der Waals surface area contributed by atoms with E-state index in [1.807, 2.05) is 0 Å². The third-order valence-electron chi connectivity index (χ3n) is 0.979. The molecule has 0 aliphatic heterocycles. The van der Waals surface area contributed by atoms with Crippen molar-refractivity contribution in [3.8, 4) is 0 Å². The van der Waals surface area contributed by atoms with Crippen molar-refractivity contribution < 1.29 is 9.96 Å². The van der Waals surface area contributed by atoms with Gasteiger partial charge in [-0.2, -0.15) is 5.21 Å². The van der Waals surface area contributed by atoms with E-state index in [2.05, 4.69) is 0 Å². The number of hydroxylamine groups is 2. The van der Waals surface area contributed by atoms with Crippen LogP contribution in [0.2, 0.25) is 0 Å². The van der Waals surface area contributed by atoms with Gasteiger partial charge in [0.2, 0.25) is 0 Å². The number of nitrogens with zero attached hydrogens (tertiary/aromatic N) is 2. The lowest BCUT2D eigenvalue weighted by Crippen LogP contribution is -2.47. The molecule has 0 radical (unpaired) electrons. The van der Waals surface area contributed by atoms with Gasteiger partial charge in [0, 0.05) is 14.1 Å². The fourth-order valence-electron chi connectivity index (χ4n) is 0. The summed E-state index contributed by atoms with van der Waals surface area (Å²) >= 11 is 0. The molecular formula is C4H13N2O+. The Morgan fingerprint density at radius 2 is 1.43 bits per heavy atom. The van der Waals surface area contributed by atoms with Crippen molar-refractivity contribution in [3.05, 3.63) is 0 Å². The lowest BCUT2D eigenvalue weighted by Gasteiger charge is -2.25.